The van der Waals surface area contributed by atoms with Crippen LogP contribution in [0.4, 0.5) is 0 Å². The fourth-order valence-corrected chi connectivity index (χ4v) is 2.99. The number of nitrogens with zero attached hydrogens (tertiary/aromatic N) is 2. The third-order valence-corrected chi connectivity index (χ3v) is 4.35. The van der Waals surface area contributed by atoms with Gasteiger partial charge in [0.2, 0.25) is 5.91 Å². The molecule has 2 aromatic heterocycles. The molecule has 0 saturated heterocycles. The quantitative estimate of drug-likeness (QED) is 0.566. The summed E-state index contributed by atoms with van der Waals surface area (Å²) in [4.78, 5) is 23.5. The predicted octanol–water partition coefficient (Wildman–Crippen LogP) is 3.79. The summed E-state index contributed by atoms with van der Waals surface area (Å²) in [5, 5.41) is 4.25. The Morgan fingerprint density at radius 1 is 1.50 bits per heavy atom. The summed E-state index contributed by atoms with van der Waals surface area (Å²) in [5.41, 5.74) is 1.39. The molecule has 5 nitrogen and oxygen atoms in total. The number of unbranched alkanes of at least 4 members (excludes halogenated alkanes) is 2. The van der Waals surface area contributed by atoms with Gasteiger partial charge in [0.05, 0.1) is 16.3 Å². The van der Waals surface area contributed by atoms with Crippen LogP contribution < -0.4 is 5.32 Å². The largest absolute Gasteiger partial charge is 0.353 e. The zero-order valence-corrected chi connectivity index (χ0v) is 14.4. The number of aromatic nitrogens is 3. The van der Waals surface area contributed by atoms with Crippen molar-refractivity contribution in [2.45, 2.75) is 50.7 Å². The van der Waals surface area contributed by atoms with Crippen molar-refractivity contribution in [2.75, 3.05) is 5.75 Å². The number of imidazole rings is 1. The van der Waals surface area contributed by atoms with Gasteiger partial charge in [0.1, 0.15) is 0 Å². The highest BCUT2D eigenvalue weighted by atomic mass is 35.5. The monoisotopic (exact) mass is 340 g/mol. The van der Waals surface area contributed by atoms with Gasteiger partial charge in [0.15, 0.2) is 10.8 Å². The molecule has 1 amide bonds. The van der Waals surface area contributed by atoms with Crippen LogP contribution in [0.2, 0.25) is 5.02 Å². The normalized spacial score (nSPS) is 12.5. The second-order valence-corrected chi connectivity index (χ2v) is 6.72. The van der Waals surface area contributed by atoms with Gasteiger partial charge in [-0.1, -0.05) is 49.5 Å². The minimum absolute atomic E-state index is 0.0282. The molecule has 0 aliphatic heterocycles. The van der Waals surface area contributed by atoms with Gasteiger partial charge in [-0.15, -0.1) is 0 Å². The number of nitrogens with one attached hydrogen (secondary N) is 2. The van der Waals surface area contributed by atoms with Crippen LogP contribution in [0.3, 0.4) is 0 Å². The van der Waals surface area contributed by atoms with E-state index >= 15 is 0 Å². The summed E-state index contributed by atoms with van der Waals surface area (Å²) < 4.78 is 0. The summed E-state index contributed by atoms with van der Waals surface area (Å²) in [6, 6.07) is 1.99. The average molecular weight is 341 g/mol. The lowest BCUT2D eigenvalue weighted by Gasteiger charge is -2.12. The second-order valence-electron chi connectivity index (χ2n) is 5.32. The third kappa shape index (κ3) is 5.18. The SMILES string of the molecule is CCCCC[C@@H](C)NC(=O)CSc1nc2ncc(Cl)cc2[nH]1. The van der Waals surface area contributed by atoms with Gasteiger partial charge in [0.25, 0.3) is 0 Å². The Hall–Kier alpha value is -1.27. The number of hydrogen-bond acceptors (Lipinski definition) is 4. The molecule has 0 spiro atoms. The average Bonchev–Trinajstić information content (AvgIpc) is 2.87. The van der Waals surface area contributed by atoms with Crippen molar-refractivity contribution >= 4 is 40.4 Å². The highest BCUT2D eigenvalue weighted by Crippen LogP contribution is 2.20. The lowest BCUT2D eigenvalue weighted by atomic mass is 10.1. The molecule has 2 N–H and O–H groups in total. The lowest BCUT2D eigenvalue weighted by molar-refractivity contribution is -0.119. The number of hydrogen-bond donors (Lipinski definition) is 2. The first-order valence-corrected chi connectivity index (χ1v) is 8.88. The van der Waals surface area contributed by atoms with E-state index in [4.69, 9.17) is 11.6 Å². The van der Waals surface area contributed by atoms with Crippen LogP contribution in [0.25, 0.3) is 11.2 Å². The van der Waals surface area contributed by atoms with Crippen LogP contribution in [0, 0.1) is 0 Å². The summed E-state index contributed by atoms with van der Waals surface area (Å²) in [5.74, 6) is 0.367. The van der Waals surface area contributed by atoms with E-state index in [1.165, 1.54) is 24.6 Å². The van der Waals surface area contributed by atoms with Crippen LogP contribution in [-0.2, 0) is 4.79 Å². The summed E-state index contributed by atoms with van der Waals surface area (Å²) in [6.07, 6.45) is 6.15. The molecule has 22 heavy (non-hydrogen) atoms. The van der Waals surface area contributed by atoms with E-state index in [9.17, 15) is 4.79 Å². The van der Waals surface area contributed by atoms with Gasteiger partial charge in [-0.2, -0.15) is 0 Å². The van der Waals surface area contributed by atoms with Crippen LogP contribution >= 0.6 is 23.4 Å². The molecule has 0 fully saturated rings. The third-order valence-electron chi connectivity index (χ3n) is 3.27. The standard InChI is InChI=1S/C15H21ClN4OS/c1-3-4-5-6-10(2)18-13(21)9-22-15-19-12-7-11(16)8-17-14(12)20-15/h7-8,10H,3-6,9H2,1-2H3,(H,18,21)(H,17,19,20)/t10-/m1/s1. The highest BCUT2D eigenvalue weighted by Gasteiger charge is 2.10. The molecule has 2 heterocycles. The van der Waals surface area contributed by atoms with Crippen molar-refractivity contribution in [3.05, 3.63) is 17.3 Å². The molecule has 0 saturated carbocycles. The fraction of sp³-hybridized carbons (Fsp3) is 0.533. The number of aromatic amines is 1. The number of carbonyl (C=O) groups is 1. The molecule has 7 heteroatoms. The Kier molecular flexibility index (Phi) is 6.51. The van der Waals surface area contributed by atoms with E-state index in [1.54, 1.807) is 12.3 Å². The van der Waals surface area contributed by atoms with Crippen LogP contribution in [0.1, 0.15) is 39.5 Å². The predicted molar refractivity (Wildman–Crippen MR) is 91.4 cm³/mol. The Bertz CT molecular complexity index is 631. The summed E-state index contributed by atoms with van der Waals surface area (Å²) in [7, 11) is 0. The van der Waals surface area contributed by atoms with Crippen molar-refractivity contribution in [1.29, 1.82) is 0 Å². The van der Waals surface area contributed by atoms with Crippen molar-refractivity contribution < 1.29 is 4.79 Å². The molecule has 1 atom stereocenters. The Balaban J connectivity index is 1.79. The minimum Gasteiger partial charge on any atom is -0.353 e. The number of fused-ring (bicyclic) bond motifs is 1. The molecular formula is C15H21ClN4OS. The molecule has 0 unspecified atom stereocenters. The minimum atomic E-state index is 0.0282. The molecule has 2 aromatic rings. The first-order valence-electron chi connectivity index (χ1n) is 7.52. The zero-order chi connectivity index (χ0) is 15.9. The maximum Gasteiger partial charge on any atom is 0.230 e. The van der Waals surface area contributed by atoms with E-state index in [-0.39, 0.29) is 11.9 Å². The molecular weight excluding hydrogens is 320 g/mol. The highest BCUT2D eigenvalue weighted by molar-refractivity contribution is 7.99. The number of thioether (sulfide) groups is 1. The van der Waals surface area contributed by atoms with Gasteiger partial charge >= 0.3 is 0 Å². The van der Waals surface area contributed by atoms with Crippen molar-refractivity contribution in [2.24, 2.45) is 0 Å². The molecule has 2 rings (SSSR count). The first-order chi connectivity index (χ1) is 10.6. The van der Waals surface area contributed by atoms with E-state index in [0.29, 0.717) is 21.6 Å². The van der Waals surface area contributed by atoms with Crippen LogP contribution in [0.5, 0.6) is 0 Å². The smallest absolute Gasteiger partial charge is 0.230 e. The number of H-pyrrole nitrogens is 1. The first kappa shape index (κ1) is 17.1. The zero-order valence-electron chi connectivity index (χ0n) is 12.9. The van der Waals surface area contributed by atoms with Gasteiger partial charge < -0.3 is 10.3 Å². The van der Waals surface area contributed by atoms with Crippen molar-refractivity contribution in [3.8, 4) is 0 Å². The Morgan fingerprint density at radius 2 is 2.32 bits per heavy atom. The van der Waals surface area contributed by atoms with Gasteiger partial charge in [-0.05, 0) is 19.4 Å². The van der Waals surface area contributed by atoms with Gasteiger partial charge in [-0.25, -0.2) is 9.97 Å². The summed E-state index contributed by atoms with van der Waals surface area (Å²) in [6.45, 7) is 4.22. The lowest BCUT2D eigenvalue weighted by Crippen LogP contribution is -2.33. The second kappa shape index (κ2) is 8.39. The fourth-order valence-electron chi connectivity index (χ4n) is 2.14. The van der Waals surface area contributed by atoms with Crippen molar-refractivity contribution in [3.63, 3.8) is 0 Å². The maximum absolute atomic E-state index is 11.9. The summed E-state index contributed by atoms with van der Waals surface area (Å²) >= 11 is 7.25. The number of amides is 1. The molecule has 120 valence electrons. The topological polar surface area (TPSA) is 70.7 Å². The van der Waals surface area contributed by atoms with Crippen LogP contribution in [0.15, 0.2) is 17.4 Å². The molecule has 0 radical (unpaired) electrons. The van der Waals surface area contributed by atoms with E-state index in [1.807, 2.05) is 6.92 Å². The molecule has 0 aliphatic carbocycles. The number of carbonyl (C=O) groups excluding carboxylic acids is 1. The van der Waals surface area contributed by atoms with E-state index < -0.39 is 0 Å². The Labute approximate surface area is 139 Å². The van der Waals surface area contributed by atoms with Gasteiger partial charge in [0, 0.05) is 12.2 Å². The number of rotatable bonds is 8. The van der Waals surface area contributed by atoms with E-state index in [0.717, 1.165) is 18.4 Å². The molecule has 0 bridgehead atoms. The maximum atomic E-state index is 11.9. The number of halogens is 1. The number of pyridine rings is 1. The Morgan fingerprint density at radius 3 is 3.09 bits per heavy atom. The van der Waals surface area contributed by atoms with Gasteiger partial charge in [-0.3, -0.25) is 4.79 Å². The van der Waals surface area contributed by atoms with Crippen molar-refractivity contribution in [1.82, 2.24) is 20.3 Å². The van der Waals surface area contributed by atoms with E-state index in [2.05, 4.69) is 27.2 Å². The van der Waals surface area contributed by atoms with Crippen LogP contribution in [-0.4, -0.2) is 32.7 Å². The molecule has 0 aromatic carbocycles. The molecule has 0 aliphatic rings.